The predicted molar refractivity (Wildman–Crippen MR) is 128 cm³/mol. The van der Waals surface area contributed by atoms with Crippen molar-refractivity contribution in [2.45, 2.75) is 65.6 Å². The van der Waals surface area contributed by atoms with Crippen molar-refractivity contribution >= 4 is 27.7 Å². The van der Waals surface area contributed by atoms with Crippen LogP contribution >= 0.6 is 15.9 Å². The maximum absolute atomic E-state index is 13.3. The van der Waals surface area contributed by atoms with Gasteiger partial charge in [-0.3, -0.25) is 9.59 Å². The van der Waals surface area contributed by atoms with Crippen LogP contribution in [-0.2, 0) is 21.5 Å². The summed E-state index contributed by atoms with van der Waals surface area (Å²) in [4.78, 5) is 27.1. The molecule has 0 aliphatic carbocycles. The number of carbonyl (C=O) groups is 2. The Labute approximate surface area is 198 Å². The van der Waals surface area contributed by atoms with Crippen LogP contribution in [-0.4, -0.2) is 35.4 Å². The molecule has 0 spiro atoms. The molecule has 5 nitrogen and oxygen atoms in total. The van der Waals surface area contributed by atoms with Crippen molar-refractivity contribution in [3.63, 3.8) is 0 Å². The standard InChI is InChI=1S/C25H32BrFN2O3/c1-16(2)28-24(31)17(3)29(14-18-7-10-20(27)11-8-18)23(30)15-32-22-12-9-19(13-21(22)26)25(4,5)6/h7-13,16-17H,14-15H2,1-6H3,(H,28,31)/t17-/m0/s1. The van der Waals surface area contributed by atoms with Crippen LogP contribution in [0.25, 0.3) is 0 Å². The van der Waals surface area contributed by atoms with Crippen molar-refractivity contribution in [2.24, 2.45) is 0 Å². The Morgan fingerprint density at radius 2 is 1.72 bits per heavy atom. The van der Waals surface area contributed by atoms with E-state index in [9.17, 15) is 14.0 Å². The number of hydrogen-bond acceptors (Lipinski definition) is 3. The summed E-state index contributed by atoms with van der Waals surface area (Å²) in [6.45, 7) is 11.7. The summed E-state index contributed by atoms with van der Waals surface area (Å²) in [5.41, 5.74) is 1.85. The molecule has 0 aliphatic heterocycles. The normalized spacial score (nSPS) is 12.4. The minimum absolute atomic E-state index is 0.0119. The molecule has 7 heteroatoms. The number of nitrogens with zero attached hydrogens (tertiary/aromatic N) is 1. The number of nitrogens with one attached hydrogen (secondary N) is 1. The molecule has 0 heterocycles. The van der Waals surface area contributed by atoms with E-state index in [-0.39, 0.29) is 42.2 Å². The van der Waals surface area contributed by atoms with Crippen molar-refractivity contribution in [1.82, 2.24) is 10.2 Å². The van der Waals surface area contributed by atoms with Crippen LogP contribution < -0.4 is 10.1 Å². The molecule has 0 unspecified atom stereocenters. The van der Waals surface area contributed by atoms with Gasteiger partial charge in [-0.05, 0) is 77.5 Å². The van der Waals surface area contributed by atoms with E-state index in [0.717, 1.165) is 15.6 Å². The first-order valence-corrected chi connectivity index (χ1v) is 11.4. The average Bonchev–Trinajstić information content (AvgIpc) is 2.70. The van der Waals surface area contributed by atoms with Crippen LogP contribution in [0.4, 0.5) is 4.39 Å². The summed E-state index contributed by atoms with van der Waals surface area (Å²) in [5.74, 6) is -0.407. The van der Waals surface area contributed by atoms with E-state index in [0.29, 0.717) is 5.75 Å². The molecule has 0 bridgehead atoms. The Morgan fingerprint density at radius 1 is 1.09 bits per heavy atom. The average molecular weight is 507 g/mol. The van der Waals surface area contributed by atoms with Gasteiger partial charge in [-0.2, -0.15) is 0 Å². The molecule has 0 fully saturated rings. The lowest BCUT2D eigenvalue weighted by Crippen LogP contribution is -2.50. The lowest BCUT2D eigenvalue weighted by molar-refractivity contribution is -0.142. The molecule has 2 amide bonds. The fraction of sp³-hybridized carbons (Fsp3) is 0.440. The molecule has 0 radical (unpaired) electrons. The van der Waals surface area contributed by atoms with Gasteiger partial charge in [-0.25, -0.2) is 4.39 Å². The van der Waals surface area contributed by atoms with E-state index in [1.165, 1.54) is 17.0 Å². The minimum atomic E-state index is -0.717. The van der Waals surface area contributed by atoms with Gasteiger partial charge in [0.25, 0.3) is 5.91 Å². The summed E-state index contributed by atoms with van der Waals surface area (Å²) in [6, 6.07) is 10.9. The van der Waals surface area contributed by atoms with Crippen molar-refractivity contribution in [3.8, 4) is 5.75 Å². The van der Waals surface area contributed by atoms with Crippen LogP contribution in [0.1, 0.15) is 52.7 Å². The van der Waals surface area contributed by atoms with Gasteiger partial charge < -0.3 is 15.0 Å². The molecule has 32 heavy (non-hydrogen) atoms. The molecule has 1 N–H and O–H groups in total. The zero-order valence-corrected chi connectivity index (χ0v) is 21.1. The zero-order chi connectivity index (χ0) is 24.1. The van der Waals surface area contributed by atoms with E-state index in [1.807, 2.05) is 32.0 Å². The first-order chi connectivity index (χ1) is 14.9. The lowest BCUT2D eigenvalue weighted by atomic mass is 9.87. The van der Waals surface area contributed by atoms with Gasteiger partial charge in [-0.1, -0.05) is 39.0 Å². The third-order valence-electron chi connectivity index (χ3n) is 5.01. The monoisotopic (exact) mass is 506 g/mol. The molecule has 0 aromatic heterocycles. The van der Waals surface area contributed by atoms with Crippen molar-refractivity contribution in [1.29, 1.82) is 0 Å². The molecule has 1 atom stereocenters. The quantitative estimate of drug-likeness (QED) is 0.534. The van der Waals surface area contributed by atoms with Crippen molar-refractivity contribution < 1.29 is 18.7 Å². The summed E-state index contributed by atoms with van der Waals surface area (Å²) in [7, 11) is 0. The van der Waals surface area contributed by atoms with Gasteiger partial charge >= 0.3 is 0 Å². The molecule has 2 aromatic rings. The highest BCUT2D eigenvalue weighted by atomic mass is 79.9. The molecular formula is C25H32BrFN2O3. The largest absolute Gasteiger partial charge is 0.483 e. The third kappa shape index (κ3) is 7.33. The lowest BCUT2D eigenvalue weighted by Gasteiger charge is -2.29. The summed E-state index contributed by atoms with van der Waals surface area (Å²) in [5, 5.41) is 2.83. The topological polar surface area (TPSA) is 58.6 Å². The Balaban J connectivity index is 2.18. The SMILES string of the molecule is CC(C)NC(=O)[C@H](C)N(Cc1ccc(F)cc1)C(=O)COc1ccc(C(C)(C)C)cc1Br. The highest BCUT2D eigenvalue weighted by Crippen LogP contribution is 2.31. The summed E-state index contributed by atoms with van der Waals surface area (Å²) < 4.78 is 19.8. The molecule has 174 valence electrons. The first-order valence-electron chi connectivity index (χ1n) is 10.7. The van der Waals surface area contributed by atoms with Gasteiger partial charge in [0.2, 0.25) is 5.91 Å². The van der Waals surface area contributed by atoms with Crippen LogP contribution in [0, 0.1) is 5.82 Å². The molecule has 0 aliphatic rings. The number of halogens is 2. The maximum Gasteiger partial charge on any atom is 0.261 e. The van der Waals surface area contributed by atoms with Crippen molar-refractivity contribution in [3.05, 3.63) is 63.9 Å². The number of benzene rings is 2. The van der Waals surface area contributed by atoms with Gasteiger partial charge in [0.1, 0.15) is 17.6 Å². The van der Waals surface area contributed by atoms with Gasteiger partial charge in [-0.15, -0.1) is 0 Å². The number of amides is 2. The fourth-order valence-corrected chi connectivity index (χ4v) is 3.57. The second kappa shape index (κ2) is 10.9. The van der Waals surface area contributed by atoms with E-state index in [1.54, 1.807) is 19.1 Å². The number of hydrogen-bond donors (Lipinski definition) is 1. The van der Waals surface area contributed by atoms with Gasteiger partial charge in [0.05, 0.1) is 4.47 Å². The summed E-state index contributed by atoms with van der Waals surface area (Å²) in [6.07, 6.45) is 0. The predicted octanol–water partition coefficient (Wildman–Crippen LogP) is 5.21. The Bertz CT molecular complexity index is 939. The van der Waals surface area contributed by atoms with Gasteiger partial charge in [0.15, 0.2) is 6.61 Å². The van der Waals surface area contributed by atoms with Crippen molar-refractivity contribution in [2.75, 3.05) is 6.61 Å². The van der Waals surface area contributed by atoms with Crippen LogP contribution in [0.2, 0.25) is 0 Å². The Kier molecular flexibility index (Phi) is 8.84. The van der Waals surface area contributed by atoms with E-state index >= 15 is 0 Å². The second-order valence-corrected chi connectivity index (χ2v) is 10.0. The molecule has 0 saturated carbocycles. The third-order valence-corrected chi connectivity index (χ3v) is 5.63. The van der Waals surface area contributed by atoms with E-state index < -0.39 is 6.04 Å². The summed E-state index contributed by atoms with van der Waals surface area (Å²) >= 11 is 3.52. The Hall–Kier alpha value is -2.41. The number of carbonyl (C=O) groups excluding carboxylic acids is 2. The molecule has 2 aromatic carbocycles. The smallest absolute Gasteiger partial charge is 0.261 e. The van der Waals surface area contributed by atoms with E-state index in [2.05, 4.69) is 42.0 Å². The van der Waals surface area contributed by atoms with Crippen LogP contribution in [0.3, 0.4) is 0 Å². The van der Waals surface area contributed by atoms with Crippen LogP contribution in [0.15, 0.2) is 46.9 Å². The zero-order valence-electron chi connectivity index (χ0n) is 19.5. The van der Waals surface area contributed by atoms with E-state index in [4.69, 9.17) is 4.74 Å². The molecular weight excluding hydrogens is 475 g/mol. The highest BCUT2D eigenvalue weighted by molar-refractivity contribution is 9.10. The minimum Gasteiger partial charge on any atom is -0.483 e. The van der Waals surface area contributed by atoms with Gasteiger partial charge in [0, 0.05) is 12.6 Å². The second-order valence-electron chi connectivity index (χ2n) is 9.17. The van der Waals surface area contributed by atoms with Crippen LogP contribution in [0.5, 0.6) is 5.75 Å². The fourth-order valence-electron chi connectivity index (χ4n) is 3.08. The molecule has 0 saturated heterocycles. The first kappa shape index (κ1) is 25.8. The highest BCUT2D eigenvalue weighted by Gasteiger charge is 2.27. The maximum atomic E-state index is 13.3. The number of rotatable bonds is 8. The Morgan fingerprint density at radius 3 is 2.25 bits per heavy atom. The number of ether oxygens (including phenoxy) is 1. The molecule has 2 rings (SSSR count).